The maximum atomic E-state index is 12.1. The Kier molecular flexibility index (Phi) is 4.66. The Morgan fingerprint density at radius 2 is 1.67 bits per heavy atom. The van der Waals surface area contributed by atoms with Crippen molar-refractivity contribution in [3.05, 3.63) is 63.8 Å². The normalized spacial score (nSPS) is 15.2. The van der Waals surface area contributed by atoms with E-state index in [4.69, 9.17) is 14.2 Å². The molecule has 0 unspecified atom stereocenters. The molecule has 0 saturated carbocycles. The third-order valence-electron chi connectivity index (χ3n) is 3.44. The molecule has 0 saturated heterocycles. The third kappa shape index (κ3) is 3.19. The number of halogens is 1. The van der Waals surface area contributed by atoms with Crippen LogP contribution in [0.4, 0.5) is 0 Å². The number of carbonyl (C=O) groups excluding carboxylic acids is 1. The molecule has 0 aromatic heterocycles. The number of cyclic esters (lactones) is 1. The van der Waals surface area contributed by atoms with Gasteiger partial charge in [-0.2, -0.15) is 0 Å². The second-order valence-electron chi connectivity index (χ2n) is 4.93. The van der Waals surface area contributed by atoms with Crippen molar-refractivity contribution in [2.45, 2.75) is 0 Å². The SMILES string of the molecule is COc1cccc(OC)c1C1=N/C(=C/c2ccc(Br)cc2)C(=O)O1. The summed E-state index contributed by atoms with van der Waals surface area (Å²) in [6.45, 7) is 0. The van der Waals surface area contributed by atoms with Gasteiger partial charge in [-0.05, 0) is 35.9 Å². The van der Waals surface area contributed by atoms with Gasteiger partial charge >= 0.3 is 5.97 Å². The van der Waals surface area contributed by atoms with Crippen LogP contribution in [-0.4, -0.2) is 26.1 Å². The Bertz CT molecular complexity index is 818. The van der Waals surface area contributed by atoms with Crippen molar-refractivity contribution in [3.8, 4) is 11.5 Å². The summed E-state index contributed by atoms with van der Waals surface area (Å²) in [6, 6.07) is 12.8. The second kappa shape index (κ2) is 6.88. The Balaban J connectivity index is 2.02. The van der Waals surface area contributed by atoms with E-state index in [0.717, 1.165) is 10.0 Å². The lowest BCUT2D eigenvalue weighted by atomic mass is 10.1. The van der Waals surface area contributed by atoms with Crippen molar-refractivity contribution in [2.75, 3.05) is 14.2 Å². The van der Waals surface area contributed by atoms with E-state index in [1.807, 2.05) is 24.3 Å². The van der Waals surface area contributed by atoms with E-state index in [2.05, 4.69) is 20.9 Å². The number of benzene rings is 2. The zero-order valence-corrected chi connectivity index (χ0v) is 14.7. The zero-order chi connectivity index (χ0) is 17.1. The fraction of sp³-hybridized carbons (Fsp3) is 0.111. The quantitative estimate of drug-likeness (QED) is 0.591. The first kappa shape index (κ1) is 16.3. The smallest absolute Gasteiger partial charge is 0.363 e. The van der Waals surface area contributed by atoms with Gasteiger partial charge in [0.05, 0.1) is 14.2 Å². The highest BCUT2D eigenvalue weighted by atomic mass is 79.9. The van der Waals surface area contributed by atoms with Crippen molar-refractivity contribution >= 4 is 33.9 Å². The van der Waals surface area contributed by atoms with Crippen LogP contribution >= 0.6 is 15.9 Å². The van der Waals surface area contributed by atoms with Crippen LogP contribution in [0.2, 0.25) is 0 Å². The van der Waals surface area contributed by atoms with E-state index in [1.54, 1.807) is 24.3 Å². The lowest BCUT2D eigenvalue weighted by Crippen LogP contribution is -2.08. The molecule has 122 valence electrons. The minimum atomic E-state index is -0.513. The van der Waals surface area contributed by atoms with Gasteiger partial charge < -0.3 is 14.2 Å². The Morgan fingerprint density at radius 1 is 1.04 bits per heavy atom. The Morgan fingerprint density at radius 3 is 2.25 bits per heavy atom. The minimum Gasteiger partial charge on any atom is -0.496 e. The first-order chi connectivity index (χ1) is 11.6. The number of esters is 1. The van der Waals surface area contributed by atoms with Crippen LogP contribution in [0.3, 0.4) is 0 Å². The fourth-order valence-electron chi connectivity index (χ4n) is 2.29. The van der Waals surface area contributed by atoms with Gasteiger partial charge in [0.1, 0.15) is 17.1 Å². The second-order valence-corrected chi connectivity index (χ2v) is 5.84. The molecule has 0 fully saturated rings. The number of nitrogens with zero attached hydrogens (tertiary/aromatic N) is 1. The van der Waals surface area contributed by atoms with Gasteiger partial charge in [0.2, 0.25) is 5.90 Å². The van der Waals surface area contributed by atoms with Gasteiger partial charge in [0, 0.05) is 4.47 Å². The van der Waals surface area contributed by atoms with E-state index in [9.17, 15) is 4.79 Å². The van der Waals surface area contributed by atoms with E-state index in [1.165, 1.54) is 14.2 Å². The van der Waals surface area contributed by atoms with E-state index in [-0.39, 0.29) is 11.6 Å². The molecule has 1 heterocycles. The molecule has 0 amide bonds. The number of carbonyl (C=O) groups is 1. The molecule has 5 nitrogen and oxygen atoms in total. The molecule has 0 radical (unpaired) electrons. The molecule has 24 heavy (non-hydrogen) atoms. The largest absolute Gasteiger partial charge is 0.496 e. The molecule has 0 N–H and O–H groups in total. The van der Waals surface area contributed by atoms with E-state index in [0.29, 0.717) is 17.1 Å². The first-order valence-corrected chi connectivity index (χ1v) is 7.91. The lowest BCUT2D eigenvalue weighted by molar-refractivity contribution is -0.129. The number of ether oxygens (including phenoxy) is 3. The maximum Gasteiger partial charge on any atom is 0.363 e. The van der Waals surface area contributed by atoms with Gasteiger partial charge in [-0.15, -0.1) is 0 Å². The number of rotatable bonds is 4. The average molecular weight is 388 g/mol. The first-order valence-electron chi connectivity index (χ1n) is 7.12. The van der Waals surface area contributed by atoms with Crippen LogP contribution in [0.25, 0.3) is 6.08 Å². The monoisotopic (exact) mass is 387 g/mol. The van der Waals surface area contributed by atoms with Gasteiger partial charge in [0.25, 0.3) is 0 Å². The van der Waals surface area contributed by atoms with Crippen LogP contribution in [0.15, 0.2) is 57.6 Å². The van der Waals surface area contributed by atoms with Crippen LogP contribution in [0.5, 0.6) is 11.5 Å². The number of hydrogen-bond acceptors (Lipinski definition) is 5. The van der Waals surface area contributed by atoms with Gasteiger partial charge in [-0.1, -0.05) is 34.1 Å². The van der Waals surface area contributed by atoms with Crippen molar-refractivity contribution < 1.29 is 19.0 Å². The fourth-order valence-corrected chi connectivity index (χ4v) is 2.56. The lowest BCUT2D eigenvalue weighted by Gasteiger charge is -2.11. The summed E-state index contributed by atoms with van der Waals surface area (Å²) < 4.78 is 16.9. The van der Waals surface area contributed by atoms with E-state index < -0.39 is 5.97 Å². The molecule has 0 spiro atoms. The molecule has 3 rings (SSSR count). The highest BCUT2D eigenvalue weighted by Crippen LogP contribution is 2.32. The average Bonchev–Trinajstić information content (AvgIpc) is 2.96. The third-order valence-corrected chi connectivity index (χ3v) is 3.96. The molecule has 1 aliphatic heterocycles. The van der Waals surface area contributed by atoms with Crippen molar-refractivity contribution in [1.29, 1.82) is 0 Å². The highest BCUT2D eigenvalue weighted by molar-refractivity contribution is 9.10. The van der Waals surface area contributed by atoms with Gasteiger partial charge in [-0.25, -0.2) is 9.79 Å². The molecule has 0 bridgehead atoms. The number of hydrogen-bond donors (Lipinski definition) is 0. The summed E-state index contributed by atoms with van der Waals surface area (Å²) in [6.07, 6.45) is 1.67. The summed E-state index contributed by atoms with van der Waals surface area (Å²) in [5.74, 6) is 0.690. The van der Waals surface area contributed by atoms with Crippen LogP contribution in [0, 0.1) is 0 Å². The van der Waals surface area contributed by atoms with Crippen molar-refractivity contribution in [2.24, 2.45) is 4.99 Å². The van der Waals surface area contributed by atoms with Gasteiger partial charge in [0.15, 0.2) is 5.70 Å². The molecular weight excluding hydrogens is 374 g/mol. The predicted octanol–water partition coefficient (Wildman–Crippen LogP) is 3.81. The summed E-state index contributed by atoms with van der Waals surface area (Å²) in [5, 5.41) is 0. The molecule has 2 aromatic carbocycles. The molecule has 0 aliphatic carbocycles. The number of methoxy groups -OCH3 is 2. The molecule has 2 aromatic rings. The summed E-state index contributed by atoms with van der Waals surface area (Å²) in [4.78, 5) is 16.4. The summed E-state index contributed by atoms with van der Waals surface area (Å²) in [5.41, 5.74) is 1.58. The standard InChI is InChI=1S/C18H14BrNO4/c1-22-14-4-3-5-15(23-2)16(14)17-20-13(18(21)24-17)10-11-6-8-12(19)9-7-11/h3-10H,1-2H3/b13-10+. The van der Waals surface area contributed by atoms with Crippen LogP contribution in [0.1, 0.15) is 11.1 Å². The van der Waals surface area contributed by atoms with E-state index >= 15 is 0 Å². The van der Waals surface area contributed by atoms with Crippen molar-refractivity contribution in [1.82, 2.24) is 0 Å². The number of aliphatic imine (C=N–C) groups is 1. The summed E-state index contributed by atoms with van der Waals surface area (Å²) in [7, 11) is 3.07. The van der Waals surface area contributed by atoms with Crippen LogP contribution in [-0.2, 0) is 9.53 Å². The molecule has 1 aliphatic rings. The molecular formula is C18H14BrNO4. The summed E-state index contributed by atoms with van der Waals surface area (Å²) >= 11 is 3.37. The molecule has 0 atom stereocenters. The Hall–Kier alpha value is -2.60. The highest BCUT2D eigenvalue weighted by Gasteiger charge is 2.28. The maximum absolute atomic E-state index is 12.1. The zero-order valence-electron chi connectivity index (χ0n) is 13.1. The van der Waals surface area contributed by atoms with Crippen LogP contribution < -0.4 is 9.47 Å². The minimum absolute atomic E-state index is 0.165. The van der Waals surface area contributed by atoms with Gasteiger partial charge in [-0.3, -0.25) is 0 Å². The topological polar surface area (TPSA) is 57.1 Å². The predicted molar refractivity (Wildman–Crippen MR) is 94.3 cm³/mol. The van der Waals surface area contributed by atoms with Crippen molar-refractivity contribution in [3.63, 3.8) is 0 Å². The molecule has 6 heteroatoms. The Labute approximate surface area is 147 Å².